The van der Waals surface area contributed by atoms with Crippen LogP contribution in [-0.2, 0) is 16.6 Å². The van der Waals surface area contributed by atoms with Gasteiger partial charge in [0.1, 0.15) is 5.75 Å². The number of benzene rings is 2. The molecule has 0 unspecified atom stereocenters. The molecule has 0 saturated carbocycles. The number of hydrogen-bond acceptors (Lipinski definition) is 3. The molecule has 0 aromatic heterocycles. The SMILES string of the molecule is O=C(NCCc1cccc(O)c1)NCC1(c2ccc(Cl)cc2Cl)CCOCC1. The van der Waals surface area contributed by atoms with Gasteiger partial charge in [0.2, 0.25) is 0 Å². The van der Waals surface area contributed by atoms with Crippen molar-refractivity contribution in [2.24, 2.45) is 0 Å². The molecule has 2 aromatic carbocycles. The number of phenolic OH excluding ortho intramolecular Hbond substituents is 1. The van der Waals surface area contributed by atoms with E-state index >= 15 is 0 Å². The summed E-state index contributed by atoms with van der Waals surface area (Å²) in [6.07, 6.45) is 2.19. The fraction of sp³-hybridized carbons (Fsp3) is 0.381. The van der Waals surface area contributed by atoms with Crippen molar-refractivity contribution in [1.82, 2.24) is 10.6 Å². The van der Waals surface area contributed by atoms with Gasteiger partial charge in [-0.25, -0.2) is 4.79 Å². The van der Waals surface area contributed by atoms with Crippen molar-refractivity contribution in [3.63, 3.8) is 0 Å². The molecule has 1 aliphatic rings. The molecule has 3 rings (SSSR count). The zero-order chi connectivity index (χ0) is 20.0. The Morgan fingerprint density at radius 1 is 1.11 bits per heavy atom. The summed E-state index contributed by atoms with van der Waals surface area (Å²) in [7, 11) is 0. The molecule has 28 heavy (non-hydrogen) atoms. The monoisotopic (exact) mass is 422 g/mol. The Hall–Kier alpha value is -1.95. The van der Waals surface area contributed by atoms with Gasteiger partial charge in [-0.05, 0) is 54.7 Å². The zero-order valence-electron chi connectivity index (χ0n) is 15.5. The Bertz CT molecular complexity index is 823. The molecule has 1 saturated heterocycles. The fourth-order valence-electron chi connectivity index (χ4n) is 3.57. The average Bonchev–Trinajstić information content (AvgIpc) is 2.67. The normalized spacial score (nSPS) is 15.8. The summed E-state index contributed by atoms with van der Waals surface area (Å²) in [6.45, 7) is 2.20. The van der Waals surface area contributed by atoms with Crippen LogP contribution in [0.4, 0.5) is 4.79 Å². The molecule has 3 N–H and O–H groups in total. The molecule has 0 radical (unpaired) electrons. The summed E-state index contributed by atoms with van der Waals surface area (Å²) < 4.78 is 5.52. The number of carbonyl (C=O) groups is 1. The van der Waals surface area contributed by atoms with Gasteiger partial charge in [0.25, 0.3) is 0 Å². The molecule has 1 fully saturated rings. The number of urea groups is 1. The van der Waals surface area contributed by atoms with Crippen LogP contribution in [0.1, 0.15) is 24.0 Å². The first-order valence-corrected chi connectivity index (χ1v) is 10.1. The third kappa shape index (κ3) is 5.31. The Morgan fingerprint density at radius 2 is 1.89 bits per heavy atom. The van der Waals surface area contributed by atoms with Crippen LogP contribution < -0.4 is 10.6 Å². The maximum Gasteiger partial charge on any atom is 0.314 e. The highest BCUT2D eigenvalue weighted by molar-refractivity contribution is 6.35. The minimum absolute atomic E-state index is 0.225. The number of rotatable bonds is 6. The third-order valence-electron chi connectivity index (χ3n) is 5.15. The van der Waals surface area contributed by atoms with Gasteiger partial charge in [-0.15, -0.1) is 0 Å². The molecular weight excluding hydrogens is 399 g/mol. The highest BCUT2D eigenvalue weighted by Crippen LogP contribution is 2.39. The standard InChI is InChI=1S/C21H24Cl2N2O3/c22-16-4-5-18(19(23)13-16)21(7-10-28-11-8-21)14-25-20(27)24-9-6-15-2-1-3-17(26)12-15/h1-5,12-13,26H,6-11,14H2,(H2,24,25,27). The van der Waals surface area contributed by atoms with E-state index in [1.54, 1.807) is 24.3 Å². The minimum Gasteiger partial charge on any atom is -0.508 e. The van der Waals surface area contributed by atoms with Crippen molar-refractivity contribution in [3.05, 3.63) is 63.6 Å². The van der Waals surface area contributed by atoms with Crippen LogP contribution in [0, 0.1) is 0 Å². The van der Waals surface area contributed by atoms with Crippen LogP contribution in [-0.4, -0.2) is 37.4 Å². The molecule has 2 aromatic rings. The van der Waals surface area contributed by atoms with Crippen molar-refractivity contribution in [1.29, 1.82) is 0 Å². The van der Waals surface area contributed by atoms with Gasteiger partial charge >= 0.3 is 6.03 Å². The van der Waals surface area contributed by atoms with Crippen LogP contribution in [0.15, 0.2) is 42.5 Å². The number of phenols is 1. The lowest BCUT2D eigenvalue weighted by atomic mass is 9.74. The predicted octanol–water partition coefficient (Wildman–Crippen LogP) is 4.29. The van der Waals surface area contributed by atoms with Crippen molar-refractivity contribution in [2.45, 2.75) is 24.7 Å². The van der Waals surface area contributed by atoms with Gasteiger partial charge in [0.15, 0.2) is 0 Å². The average molecular weight is 423 g/mol. The Balaban J connectivity index is 1.58. The van der Waals surface area contributed by atoms with Crippen LogP contribution >= 0.6 is 23.2 Å². The number of aromatic hydroxyl groups is 1. The van der Waals surface area contributed by atoms with Gasteiger partial charge in [-0.3, -0.25) is 0 Å². The molecule has 0 spiro atoms. The van der Waals surface area contributed by atoms with E-state index in [2.05, 4.69) is 10.6 Å². The number of hydrogen-bond donors (Lipinski definition) is 3. The van der Waals surface area contributed by atoms with E-state index in [4.69, 9.17) is 27.9 Å². The van der Waals surface area contributed by atoms with E-state index < -0.39 is 0 Å². The molecule has 1 heterocycles. The van der Waals surface area contributed by atoms with Crippen LogP contribution in [0.25, 0.3) is 0 Å². The molecule has 0 aliphatic carbocycles. The Morgan fingerprint density at radius 3 is 2.61 bits per heavy atom. The van der Waals surface area contributed by atoms with E-state index in [1.807, 2.05) is 18.2 Å². The number of halogens is 2. The molecule has 0 atom stereocenters. The van der Waals surface area contributed by atoms with Gasteiger partial charge < -0.3 is 20.5 Å². The molecule has 5 nitrogen and oxygen atoms in total. The topological polar surface area (TPSA) is 70.6 Å². The van der Waals surface area contributed by atoms with Gasteiger partial charge in [-0.1, -0.05) is 41.4 Å². The number of carbonyl (C=O) groups excluding carboxylic acids is 1. The van der Waals surface area contributed by atoms with E-state index in [0.717, 1.165) is 24.0 Å². The highest BCUT2D eigenvalue weighted by atomic mass is 35.5. The molecule has 150 valence electrons. The van der Waals surface area contributed by atoms with Crippen LogP contribution in [0.3, 0.4) is 0 Å². The molecule has 2 amide bonds. The lowest BCUT2D eigenvalue weighted by Gasteiger charge is -2.38. The largest absolute Gasteiger partial charge is 0.508 e. The highest BCUT2D eigenvalue weighted by Gasteiger charge is 2.36. The molecule has 0 bridgehead atoms. The second-order valence-electron chi connectivity index (χ2n) is 7.05. The maximum absolute atomic E-state index is 12.3. The first-order chi connectivity index (χ1) is 13.5. The molecule has 1 aliphatic heterocycles. The predicted molar refractivity (Wildman–Crippen MR) is 111 cm³/mol. The Kier molecular flexibility index (Phi) is 7.05. The maximum atomic E-state index is 12.3. The smallest absolute Gasteiger partial charge is 0.314 e. The first kappa shape index (κ1) is 20.8. The van der Waals surface area contributed by atoms with Gasteiger partial charge in [0.05, 0.1) is 0 Å². The summed E-state index contributed by atoms with van der Waals surface area (Å²) in [5, 5.41) is 16.6. The zero-order valence-corrected chi connectivity index (χ0v) is 17.0. The summed E-state index contributed by atoms with van der Waals surface area (Å²) in [5.41, 5.74) is 1.68. The second-order valence-corrected chi connectivity index (χ2v) is 7.89. The quantitative estimate of drug-likeness (QED) is 0.649. The lowest BCUT2D eigenvalue weighted by molar-refractivity contribution is 0.0507. The van der Waals surface area contributed by atoms with Crippen molar-refractivity contribution < 1.29 is 14.6 Å². The van der Waals surface area contributed by atoms with Crippen molar-refractivity contribution >= 4 is 29.2 Å². The third-order valence-corrected chi connectivity index (χ3v) is 5.70. The van der Waals surface area contributed by atoms with E-state index in [-0.39, 0.29) is 17.2 Å². The molecular formula is C21H24Cl2N2O3. The summed E-state index contributed by atoms with van der Waals surface area (Å²) >= 11 is 12.5. The minimum atomic E-state index is -0.275. The number of ether oxygens (including phenoxy) is 1. The number of amides is 2. The van der Waals surface area contributed by atoms with Crippen molar-refractivity contribution in [3.8, 4) is 5.75 Å². The fourth-order valence-corrected chi connectivity index (χ4v) is 4.18. The van der Waals surface area contributed by atoms with Crippen LogP contribution in [0.2, 0.25) is 10.0 Å². The summed E-state index contributed by atoms with van der Waals surface area (Å²) in [5.74, 6) is 0.225. The van der Waals surface area contributed by atoms with Gasteiger partial charge in [-0.2, -0.15) is 0 Å². The van der Waals surface area contributed by atoms with Crippen molar-refractivity contribution in [2.75, 3.05) is 26.3 Å². The van der Waals surface area contributed by atoms with E-state index in [0.29, 0.717) is 42.8 Å². The van der Waals surface area contributed by atoms with E-state index in [9.17, 15) is 9.90 Å². The van der Waals surface area contributed by atoms with Crippen LogP contribution in [0.5, 0.6) is 5.75 Å². The lowest BCUT2D eigenvalue weighted by Crippen LogP contribution is -2.47. The second kappa shape index (κ2) is 9.50. The van der Waals surface area contributed by atoms with Gasteiger partial charge in [0, 0.05) is 41.8 Å². The molecule has 7 heteroatoms. The summed E-state index contributed by atoms with van der Waals surface area (Å²) in [4.78, 5) is 12.3. The van der Waals surface area contributed by atoms with E-state index in [1.165, 1.54) is 0 Å². The summed E-state index contributed by atoms with van der Waals surface area (Å²) in [6, 6.07) is 12.3. The first-order valence-electron chi connectivity index (χ1n) is 9.31. The Labute approximate surface area is 175 Å². The number of nitrogens with one attached hydrogen (secondary N) is 2.